The SMILES string of the molecule is COc1ccc(NCC(=O)Nc2ccccc2C(=O)Nc2ccccc2)c(C)c1. The molecule has 0 saturated heterocycles. The predicted octanol–water partition coefficient (Wildman–Crippen LogP) is 4.31. The summed E-state index contributed by atoms with van der Waals surface area (Å²) in [5, 5.41) is 8.74. The van der Waals surface area contributed by atoms with Crippen LogP contribution in [0.3, 0.4) is 0 Å². The second kappa shape index (κ2) is 9.41. The molecule has 0 saturated carbocycles. The summed E-state index contributed by atoms with van der Waals surface area (Å²) < 4.78 is 5.19. The predicted molar refractivity (Wildman–Crippen MR) is 116 cm³/mol. The maximum atomic E-state index is 12.6. The fourth-order valence-electron chi connectivity index (χ4n) is 2.84. The third-order valence-electron chi connectivity index (χ3n) is 4.35. The van der Waals surface area contributed by atoms with Gasteiger partial charge in [0.05, 0.1) is 24.9 Å². The van der Waals surface area contributed by atoms with Crippen LogP contribution in [0.2, 0.25) is 0 Å². The molecule has 6 nitrogen and oxygen atoms in total. The van der Waals surface area contributed by atoms with Crippen molar-refractivity contribution >= 4 is 28.9 Å². The zero-order chi connectivity index (χ0) is 20.6. The van der Waals surface area contributed by atoms with E-state index >= 15 is 0 Å². The average molecular weight is 389 g/mol. The summed E-state index contributed by atoms with van der Waals surface area (Å²) in [6.07, 6.45) is 0. The van der Waals surface area contributed by atoms with Crippen LogP contribution >= 0.6 is 0 Å². The van der Waals surface area contributed by atoms with Crippen molar-refractivity contribution < 1.29 is 14.3 Å². The van der Waals surface area contributed by atoms with Crippen molar-refractivity contribution in [2.24, 2.45) is 0 Å². The summed E-state index contributed by atoms with van der Waals surface area (Å²) in [5.74, 6) is 0.224. The first-order valence-electron chi connectivity index (χ1n) is 9.20. The van der Waals surface area contributed by atoms with E-state index in [-0.39, 0.29) is 18.4 Å². The molecule has 0 aromatic heterocycles. The second-order valence-corrected chi connectivity index (χ2v) is 6.45. The van der Waals surface area contributed by atoms with Crippen molar-refractivity contribution in [3.05, 3.63) is 83.9 Å². The molecule has 0 bridgehead atoms. The molecule has 0 atom stereocenters. The highest BCUT2D eigenvalue weighted by atomic mass is 16.5. The van der Waals surface area contributed by atoms with Gasteiger partial charge in [-0.15, -0.1) is 0 Å². The van der Waals surface area contributed by atoms with Gasteiger partial charge in [-0.2, -0.15) is 0 Å². The average Bonchev–Trinajstić information content (AvgIpc) is 2.74. The number of nitrogens with one attached hydrogen (secondary N) is 3. The lowest BCUT2D eigenvalue weighted by Crippen LogP contribution is -2.24. The van der Waals surface area contributed by atoms with E-state index in [2.05, 4.69) is 16.0 Å². The lowest BCUT2D eigenvalue weighted by Gasteiger charge is -2.13. The molecular formula is C23H23N3O3. The minimum atomic E-state index is -0.286. The number of amides is 2. The van der Waals surface area contributed by atoms with E-state index in [1.54, 1.807) is 43.5 Å². The van der Waals surface area contributed by atoms with E-state index in [4.69, 9.17) is 4.74 Å². The number of ether oxygens (including phenoxy) is 1. The van der Waals surface area contributed by atoms with Crippen molar-refractivity contribution in [3.63, 3.8) is 0 Å². The van der Waals surface area contributed by atoms with E-state index in [0.717, 1.165) is 17.0 Å². The normalized spacial score (nSPS) is 10.1. The molecule has 0 radical (unpaired) electrons. The van der Waals surface area contributed by atoms with Crippen molar-refractivity contribution in [1.29, 1.82) is 0 Å². The Morgan fingerprint density at radius 2 is 1.59 bits per heavy atom. The first-order valence-corrected chi connectivity index (χ1v) is 9.20. The zero-order valence-electron chi connectivity index (χ0n) is 16.4. The minimum absolute atomic E-state index is 0.0712. The fraction of sp³-hybridized carbons (Fsp3) is 0.130. The molecule has 0 heterocycles. The van der Waals surface area contributed by atoms with Gasteiger partial charge in [-0.3, -0.25) is 9.59 Å². The number of benzene rings is 3. The Kier molecular flexibility index (Phi) is 6.47. The Balaban J connectivity index is 1.64. The van der Waals surface area contributed by atoms with Gasteiger partial charge in [-0.1, -0.05) is 30.3 Å². The van der Waals surface area contributed by atoms with Crippen LogP contribution in [0, 0.1) is 6.92 Å². The molecule has 0 aliphatic heterocycles. The van der Waals surface area contributed by atoms with Gasteiger partial charge in [0.2, 0.25) is 5.91 Å². The van der Waals surface area contributed by atoms with Crippen LogP contribution < -0.4 is 20.7 Å². The largest absolute Gasteiger partial charge is 0.497 e. The number of hydrogen-bond acceptors (Lipinski definition) is 4. The Morgan fingerprint density at radius 3 is 2.31 bits per heavy atom. The molecule has 29 heavy (non-hydrogen) atoms. The van der Waals surface area contributed by atoms with E-state index in [9.17, 15) is 9.59 Å². The van der Waals surface area contributed by atoms with E-state index in [1.807, 2.05) is 43.3 Å². The number of aryl methyl sites for hydroxylation is 1. The number of hydrogen-bond donors (Lipinski definition) is 3. The van der Waals surface area contributed by atoms with Gasteiger partial charge in [0.1, 0.15) is 5.75 Å². The fourth-order valence-corrected chi connectivity index (χ4v) is 2.84. The number of anilines is 3. The first kappa shape index (κ1) is 19.9. The minimum Gasteiger partial charge on any atom is -0.497 e. The monoisotopic (exact) mass is 389 g/mol. The first-order chi connectivity index (χ1) is 14.1. The van der Waals surface area contributed by atoms with E-state index in [0.29, 0.717) is 16.9 Å². The maximum absolute atomic E-state index is 12.6. The topological polar surface area (TPSA) is 79.5 Å². The van der Waals surface area contributed by atoms with Crippen LogP contribution in [-0.4, -0.2) is 25.5 Å². The molecule has 6 heteroatoms. The van der Waals surface area contributed by atoms with Gasteiger partial charge in [0.15, 0.2) is 0 Å². The van der Waals surface area contributed by atoms with Crippen LogP contribution in [0.1, 0.15) is 15.9 Å². The molecule has 3 aromatic carbocycles. The van der Waals surface area contributed by atoms with Gasteiger partial charge < -0.3 is 20.7 Å². The Hall–Kier alpha value is -3.80. The number of para-hydroxylation sites is 2. The summed E-state index contributed by atoms with van der Waals surface area (Å²) >= 11 is 0. The molecule has 0 spiro atoms. The van der Waals surface area contributed by atoms with Gasteiger partial charge in [0.25, 0.3) is 5.91 Å². The molecule has 148 valence electrons. The molecule has 0 fully saturated rings. The van der Waals surface area contributed by atoms with Crippen LogP contribution in [0.25, 0.3) is 0 Å². The molecule has 3 rings (SSSR count). The van der Waals surface area contributed by atoms with Crippen molar-refractivity contribution in [2.75, 3.05) is 29.6 Å². The third-order valence-corrected chi connectivity index (χ3v) is 4.35. The molecule has 2 amide bonds. The number of carbonyl (C=O) groups is 2. The zero-order valence-corrected chi connectivity index (χ0v) is 16.4. The van der Waals surface area contributed by atoms with Crippen molar-refractivity contribution in [1.82, 2.24) is 0 Å². The molecule has 3 aromatic rings. The summed E-state index contributed by atoms with van der Waals surface area (Å²) in [4.78, 5) is 25.0. The highest BCUT2D eigenvalue weighted by Crippen LogP contribution is 2.21. The van der Waals surface area contributed by atoms with Crippen LogP contribution in [0.5, 0.6) is 5.75 Å². The molecular weight excluding hydrogens is 366 g/mol. The summed E-state index contributed by atoms with van der Waals surface area (Å²) in [7, 11) is 1.61. The van der Waals surface area contributed by atoms with Crippen molar-refractivity contribution in [3.8, 4) is 5.75 Å². The number of carbonyl (C=O) groups excluding carboxylic acids is 2. The van der Waals surface area contributed by atoms with Crippen LogP contribution in [0.15, 0.2) is 72.8 Å². The van der Waals surface area contributed by atoms with E-state index < -0.39 is 0 Å². The Morgan fingerprint density at radius 1 is 0.862 bits per heavy atom. The van der Waals surface area contributed by atoms with Gasteiger partial charge in [-0.25, -0.2) is 0 Å². The van der Waals surface area contributed by atoms with Gasteiger partial charge >= 0.3 is 0 Å². The quantitative estimate of drug-likeness (QED) is 0.563. The van der Waals surface area contributed by atoms with Crippen molar-refractivity contribution in [2.45, 2.75) is 6.92 Å². The smallest absolute Gasteiger partial charge is 0.257 e. The van der Waals surface area contributed by atoms with Gasteiger partial charge in [0, 0.05) is 11.4 Å². The highest BCUT2D eigenvalue weighted by molar-refractivity contribution is 6.10. The van der Waals surface area contributed by atoms with E-state index in [1.165, 1.54) is 0 Å². The Labute approximate surface area is 169 Å². The summed E-state index contributed by atoms with van der Waals surface area (Å²) in [6.45, 7) is 2.01. The van der Waals surface area contributed by atoms with Crippen LogP contribution in [0.4, 0.5) is 17.1 Å². The molecule has 0 aliphatic rings. The molecule has 0 aliphatic carbocycles. The Bertz CT molecular complexity index is 1000. The summed E-state index contributed by atoms with van der Waals surface area (Å²) in [5.41, 5.74) is 3.36. The standard InChI is InChI=1S/C23H23N3O3/c1-16-14-18(29-2)12-13-20(16)24-15-22(27)26-21-11-7-6-10-19(21)23(28)25-17-8-4-3-5-9-17/h3-14,24H,15H2,1-2H3,(H,25,28)(H,26,27). The van der Waals surface area contributed by atoms with Crippen LogP contribution in [-0.2, 0) is 4.79 Å². The lowest BCUT2D eigenvalue weighted by atomic mass is 10.1. The third kappa shape index (κ3) is 5.35. The van der Waals surface area contributed by atoms with Gasteiger partial charge in [-0.05, 0) is 55.0 Å². The number of methoxy groups -OCH3 is 1. The second-order valence-electron chi connectivity index (χ2n) is 6.45. The maximum Gasteiger partial charge on any atom is 0.257 e. The molecule has 3 N–H and O–H groups in total. The number of rotatable bonds is 7. The molecule has 0 unspecified atom stereocenters. The highest BCUT2D eigenvalue weighted by Gasteiger charge is 2.13. The summed E-state index contributed by atoms with van der Waals surface area (Å²) in [6, 6.07) is 21.7. The lowest BCUT2D eigenvalue weighted by molar-refractivity contribution is -0.114.